The third-order valence-corrected chi connectivity index (χ3v) is 4.71. The van der Waals surface area contributed by atoms with Gasteiger partial charge in [-0.25, -0.2) is 4.79 Å². The van der Waals surface area contributed by atoms with E-state index in [1.54, 1.807) is 17.0 Å². The van der Waals surface area contributed by atoms with Gasteiger partial charge in [0.15, 0.2) is 0 Å². The first kappa shape index (κ1) is 17.6. The summed E-state index contributed by atoms with van der Waals surface area (Å²) < 4.78 is 16.0. The highest BCUT2D eigenvalue weighted by Crippen LogP contribution is 2.36. The van der Waals surface area contributed by atoms with E-state index < -0.39 is 6.04 Å². The molecule has 0 aromatic heterocycles. The molecule has 1 aromatic rings. The largest absolute Gasteiger partial charge is 0.495 e. The monoisotopic (exact) mass is 385 g/mol. The molecule has 0 spiro atoms. The standard InChI is InChI=1S/C16H20BrNO5/c1-21-12-8-10(9-13(22-2)14(12)17)15(19)18-7-5-4-6-11(18)16(20)23-3/h8-9,11H,4-7H2,1-3H3/t11-/m0/s1. The summed E-state index contributed by atoms with van der Waals surface area (Å²) in [5, 5.41) is 0. The van der Waals surface area contributed by atoms with E-state index in [0.717, 1.165) is 12.8 Å². The molecular weight excluding hydrogens is 366 g/mol. The van der Waals surface area contributed by atoms with Gasteiger partial charge in [0.1, 0.15) is 22.0 Å². The summed E-state index contributed by atoms with van der Waals surface area (Å²) in [4.78, 5) is 26.4. The highest BCUT2D eigenvalue weighted by Gasteiger charge is 2.33. The Kier molecular flexibility index (Phi) is 5.87. The van der Waals surface area contributed by atoms with Crippen molar-refractivity contribution >= 4 is 27.8 Å². The van der Waals surface area contributed by atoms with E-state index in [-0.39, 0.29) is 11.9 Å². The van der Waals surface area contributed by atoms with Gasteiger partial charge in [-0.1, -0.05) is 0 Å². The third-order valence-electron chi connectivity index (χ3n) is 3.93. The van der Waals surface area contributed by atoms with Crippen LogP contribution < -0.4 is 9.47 Å². The summed E-state index contributed by atoms with van der Waals surface area (Å²) in [6, 6.07) is 2.73. The van der Waals surface area contributed by atoms with Crippen molar-refractivity contribution in [1.82, 2.24) is 4.90 Å². The van der Waals surface area contributed by atoms with Gasteiger partial charge in [0, 0.05) is 12.1 Å². The van der Waals surface area contributed by atoms with E-state index in [9.17, 15) is 9.59 Å². The molecule has 1 amide bonds. The average molecular weight is 386 g/mol. The fraction of sp³-hybridized carbons (Fsp3) is 0.500. The van der Waals surface area contributed by atoms with E-state index in [1.165, 1.54) is 21.3 Å². The predicted molar refractivity (Wildman–Crippen MR) is 87.9 cm³/mol. The zero-order valence-corrected chi connectivity index (χ0v) is 15.0. The van der Waals surface area contributed by atoms with E-state index in [4.69, 9.17) is 14.2 Å². The maximum absolute atomic E-state index is 12.9. The lowest BCUT2D eigenvalue weighted by molar-refractivity contribution is -0.147. The van der Waals surface area contributed by atoms with Crippen LogP contribution in [-0.2, 0) is 9.53 Å². The van der Waals surface area contributed by atoms with Gasteiger partial charge >= 0.3 is 5.97 Å². The first-order valence-electron chi connectivity index (χ1n) is 7.33. The molecule has 126 valence electrons. The predicted octanol–water partition coefficient (Wildman–Crippen LogP) is 2.63. The van der Waals surface area contributed by atoms with Crippen LogP contribution in [0.25, 0.3) is 0 Å². The molecule has 7 heteroatoms. The highest BCUT2D eigenvalue weighted by atomic mass is 79.9. The summed E-state index contributed by atoms with van der Waals surface area (Å²) in [5.41, 5.74) is 0.415. The average Bonchev–Trinajstić information content (AvgIpc) is 2.60. The quantitative estimate of drug-likeness (QED) is 0.745. The van der Waals surface area contributed by atoms with Crippen LogP contribution in [0.3, 0.4) is 0 Å². The molecule has 0 saturated carbocycles. The van der Waals surface area contributed by atoms with E-state index in [2.05, 4.69) is 15.9 Å². The number of likely N-dealkylation sites (tertiary alicyclic amines) is 1. The SMILES string of the molecule is COC(=O)[C@@H]1CCCCN1C(=O)c1cc(OC)c(Br)c(OC)c1. The Morgan fingerprint density at radius 3 is 2.26 bits per heavy atom. The normalized spacial score (nSPS) is 17.6. The van der Waals surface area contributed by atoms with Crippen LogP contribution in [0.1, 0.15) is 29.6 Å². The topological polar surface area (TPSA) is 65.1 Å². The number of carbonyl (C=O) groups excluding carboxylic acids is 2. The van der Waals surface area contributed by atoms with Crippen molar-refractivity contribution in [2.75, 3.05) is 27.9 Å². The van der Waals surface area contributed by atoms with Crippen molar-refractivity contribution < 1.29 is 23.8 Å². The van der Waals surface area contributed by atoms with Gasteiger partial charge in [0.25, 0.3) is 5.91 Å². The van der Waals surface area contributed by atoms with Crippen LogP contribution in [0, 0.1) is 0 Å². The van der Waals surface area contributed by atoms with E-state index in [0.29, 0.717) is 34.5 Å². The minimum absolute atomic E-state index is 0.232. The van der Waals surface area contributed by atoms with Crippen LogP contribution in [0.5, 0.6) is 11.5 Å². The summed E-state index contributed by atoms with van der Waals surface area (Å²) in [6.45, 7) is 0.527. The molecular formula is C16H20BrNO5. The van der Waals surface area contributed by atoms with Crippen molar-refractivity contribution in [3.63, 3.8) is 0 Å². The maximum Gasteiger partial charge on any atom is 0.328 e. The van der Waals surface area contributed by atoms with Gasteiger partial charge in [-0.2, -0.15) is 0 Å². The fourth-order valence-electron chi connectivity index (χ4n) is 2.71. The van der Waals surface area contributed by atoms with Gasteiger partial charge in [-0.05, 0) is 47.3 Å². The molecule has 0 radical (unpaired) electrons. The van der Waals surface area contributed by atoms with Crippen molar-refractivity contribution in [2.24, 2.45) is 0 Å². The molecule has 2 rings (SSSR count). The lowest BCUT2D eigenvalue weighted by Gasteiger charge is -2.34. The van der Waals surface area contributed by atoms with Crippen LogP contribution >= 0.6 is 15.9 Å². The number of piperidine rings is 1. The van der Waals surface area contributed by atoms with Crippen LogP contribution in [0.2, 0.25) is 0 Å². The summed E-state index contributed by atoms with van der Waals surface area (Å²) >= 11 is 3.38. The van der Waals surface area contributed by atoms with E-state index in [1.807, 2.05) is 0 Å². The maximum atomic E-state index is 12.9. The first-order chi connectivity index (χ1) is 11.0. The summed E-state index contributed by atoms with van der Waals surface area (Å²) in [6.07, 6.45) is 2.38. The zero-order valence-electron chi connectivity index (χ0n) is 13.4. The van der Waals surface area contributed by atoms with Crippen LogP contribution in [-0.4, -0.2) is 50.7 Å². The Hall–Kier alpha value is -1.76. The molecule has 1 aliphatic heterocycles. The fourth-order valence-corrected chi connectivity index (χ4v) is 3.27. The molecule has 1 heterocycles. The van der Waals surface area contributed by atoms with Crippen LogP contribution in [0.4, 0.5) is 0 Å². The molecule has 0 aliphatic carbocycles. The Morgan fingerprint density at radius 2 is 1.74 bits per heavy atom. The summed E-state index contributed by atoms with van der Waals surface area (Å²) in [7, 11) is 4.38. The number of ether oxygens (including phenoxy) is 3. The Labute approximate surface area is 143 Å². The Balaban J connectivity index is 2.36. The lowest BCUT2D eigenvalue weighted by Crippen LogP contribution is -2.48. The van der Waals surface area contributed by atoms with Gasteiger partial charge in [-0.15, -0.1) is 0 Å². The Bertz CT molecular complexity index is 579. The second-order valence-electron chi connectivity index (χ2n) is 5.23. The van der Waals surface area contributed by atoms with Crippen molar-refractivity contribution in [1.29, 1.82) is 0 Å². The lowest BCUT2D eigenvalue weighted by atomic mass is 10.0. The number of esters is 1. The van der Waals surface area contributed by atoms with Crippen molar-refractivity contribution in [3.05, 3.63) is 22.2 Å². The van der Waals surface area contributed by atoms with Gasteiger partial charge < -0.3 is 19.1 Å². The number of methoxy groups -OCH3 is 3. The molecule has 1 atom stereocenters. The molecule has 1 saturated heterocycles. The number of hydrogen-bond acceptors (Lipinski definition) is 5. The third kappa shape index (κ3) is 3.60. The molecule has 0 bridgehead atoms. The minimum atomic E-state index is -0.540. The molecule has 6 nitrogen and oxygen atoms in total. The van der Waals surface area contributed by atoms with Gasteiger partial charge in [-0.3, -0.25) is 4.79 Å². The second-order valence-corrected chi connectivity index (χ2v) is 6.02. The minimum Gasteiger partial charge on any atom is -0.495 e. The summed E-state index contributed by atoms with van der Waals surface area (Å²) in [5.74, 6) is 0.386. The number of nitrogens with zero attached hydrogens (tertiary/aromatic N) is 1. The number of benzene rings is 1. The molecule has 0 N–H and O–H groups in total. The number of hydrogen-bond donors (Lipinski definition) is 0. The first-order valence-corrected chi connectivity index (χ1v) is 8.13. The van der Waals surface area contributed by atoms with Crippen molar-refractivity contribution in [3.8, 4) is 11.5 Å². The molecule has 1 aliphatic rings. The number of amides is 1. The zero-order chi connectivity index (χ0) is 17.0. The number of rotatable bonds is 4. The molecule has 1 aromatic carbocycles. The molecule has 0 unspecified atom stereocenters. The van der Waals surface area contributed by atoms with Gasteiger partial charge in [0.2, 0.25) is 0 Å². The molecule has 23 heavy (non-hydrogen) atoms. The smallest absolute Gasteiger partial charge is 0.328 e. The number of carbonyl (C=O) groups is 2. The number of halogens is 1. The Morgan fingerprint density at radius 1 is 1.13 bits per heavy atom. The molecule has 1 fully saturated rings. The van der Waals surface area contributed by atoms with E-state index >= 15 is 0 Å². The van der Waals surface area contributed by atoms with Gasteiger partial charge in [0.05, 0.1) is 21.3 Å². The highest BCUT2D eigenvalue weighted by molar-refractivity contribution is 9.10. The second kappa shape index (κ2) is 7.68. The van der Waals surface area contributed by atoms with Crippen LogP contribution in [0.15, 0.2) is 16.6 Å². The van der Waals surface area contributed by atoms with Crippen molar-refractivity contribution in [2.45, 2.75) is 25.3 Å².